The normalized spacial score (nSPS) is 15.2. The van der Waals surface area contributed by atoms with Crippen molar-refractivity contribution in [3.63, 3.8) is 0 Å². The highest BCUT2D eigenvalue weighted by Crippen LogP contribution is 2.23. The van der Waals surface area contributed by atoms with Gasteiger partial charge in [0.05, 0.1) is 6.07 Å². The minimum atomic E-state index is -1.66. The second-order valence-electron chi connectivity index (χ2n) is 4.98. The first-order valence-corrected chi connectivity index (χ1v) is 8.97. The van der Waals surface area contributed by atoms with Gasteiger partial charge < -0.3 is 4.43 Å². The van der Waals surface area contributed by atoms with Crippen LogP contribution >= 0.6 is 0 Å². The quantitative estimate of drug-likeness (QED) is 0.745. The summed E-state index contributed by atoms with van der Waals surface area (Å²) in [6, 6.07) is 12.3. The minimum Gasteiger partial charge on any atom is -0.402 e. The molecule has 1 rings (SSSR count). The van der Waals surface area contributed by atoms with Gasteiger partial charge in [0.25, 0.3) is 0 Å². The van der Waals surface area contributed by atoms with E-state index in [1.807, 2.05) is 37.3 Å². The molecule has 0 aliphatic carbocycles. The molecule has 0 heterocycles. The molecular formula is C13H19NOSi. The summed E-state index contributed by atoms with van der Waals surface area (Å²) >= 11 is 0. The lowest BCUT2D eigenvalue weighted by molar-refractivity contribution is 0.222. The third-order valence-corrected chi connectivity index (χ3v) is 3.35. The number of benzene rings is 1. The van der Waals surface area contributed by atoms with Crippen molar-refractivity contribution in [2.75, 3.05) is 0 Å². The fourth-order valence-corrected chi connectivity index (χ4v) is 2.57. The highest BCUT2D eigenvalue weighted by molar-refractivity contribution is 6.69. The van der Waals surface area contributed by atoms with Gasteiger partial charge in [-0.1, -0.05) is 37.3 Å². The van der Waals surface area contributed by atoms with E-state index in [2.05, 4.69) is 25.7 Å². The van der Waals surface area contributed by atoms with Crippen molar-refractivity contribution in [3.8, 4) is 6.07 Å². The van der Waals surface area contributed by atoms with E-state index in [9.17, 15) is 0 Å². The molecule has 0 saturated carbocycles. The van der Waals surface area contributed by atoms with E-state index in [1.165, 1.54) is 0 Å². The van der Waals surface area contributed by atoms with E-state index in [1.54, 1.807) is 0 Å². The second kappa shape index (κ2) is 5.29. The molecule has 86 valence electrons. The first kappa shape index (κ1) is 13.0. The summed E-state index contributed by atoms with van der Waals surface area (Å²) < 4.78 is 5.88. The van der Waals surface area contributed by atoms with Crippen LogP contribution < -0.4 is 0 Å². The highest BCUT2D eigenvalue weighted by atomic mass is 28.4. The van der Waals surface area contributed by atoms with Gasteiger partial charge in [-0.05, 0) is 25.2 Å². The van der Waals surface area contributed by atoms with Gasteiger partial charge in [0.1, 0.15) is 6.10 Å². The van der Waals surface area contributed by atoms with E-state index in [4.69, 9.17) is 9.69 Å². The molecule has 0 aliphatic rings. The standard InChI is InChI=1S/C13H19NOSi/c1-11(12-8-6-5-7-9-12)13(10-14)15-16(2,3)4/h5-9,11,13H,1-4H3. The number of rotatable bonds is 4. The fourth-order valence-electron chi connectivity index (χ4n) is 1.55. The van der Waals surface area contributed by atoms with E-state index in [0.717, 1.165) is 5.56 Å². The lowest BCUT2D eigenvalue weighted by Gasteiger charge is -2.26. The van der Waals surface area contributed by atoms with Gasteiger partial charge in [0.15, 0.2) is 8.32 Å². The van der Waals surface area contributed by atoms with Crippen LogP contribution in [0.25, 0.3) is 0 Å². The summed E-state index contributed by atoms with van der Waals surface area (Å²) in [6.45, 7) is 8.36. The van der Waals surface area contributed by atoms with Crippen LogP contribution in [-0.2, 0) is 4.43 Å². The van der Waals surface area contributed by atoms with E-state index < -0.39 is 8.32 Å². The average Bonchev–Trinajstić information content (AvgIpc) is 2.25. The van der Waals surface area contributed by atoms with Crippen molar-refractivity contribution in [2.45, 2.75) is 38.6 Å². The average molecular weight is 233 g/mol. The summed E-state index contributed by atoms with van der Waals surface area (Å²) in [6.07, 6.45) is -0.339. The largest absolute Gasteiger partial charge is 0.402 e. The van der Waals surface area contributed by atoms with Crippen LogP contribution in [0.4, 0.5) is 0 Å². The lowest BCUT2D eigenvalue weighted by atomic mass is 9.96. The number of hydrogen-bond acceptors (Lipinski definition) is 2. The van der Waals surface area contributed by atoms with Crippen molar-refractivity contribution in [1.82, 2.24) is 0 Å². The molecule has 0 radical (unpaired) electrons. The van der Waals surface area contributed by atoms with Crippen LogP contribution in [0.2, 0.25) is 19.6 Å². The molecule has 0 aliphatic heterocycles. The summed E-state index contributed by atoms with van der Waals surface area (Å²) in [5, 5.41) is 9.17. The summed E-state index contributed by atoms with van der Waals surface area (Å²) in [5.74, 6) is 0.123. The molecule has 3 heteroatoms. The molecule has 1 aromatic rings. The molecule has 2 unspecified atom stereocenters. The molecule has 0 fully saturated rings. The lowest BCUT2D eigenvalue weighted by Crippen LogP contribution is -2.33. The van der Waals surface area contributed by atoms with E-state index >= 15 is 0 Å². The highest BCUT2D eigenvalue weighted by Gasteiger charge is 2.26. The summed E-state index contributed by atoms with van der Waals surface area (Å²) in [5.41, 5.74) is 1.16. The van der Waals surface area contributed by atoms with Crippen LogP contribution in [0.5, 0.6) is 0 Å². The van der Waals surface area contributed by atoms with Crippen LogP contribution in [0, 0.1) is 11.3 Å². The predicted molar refractivity (Wildman–Crippen MR) is 68.7 cm³/mol. The van der Waals surface area contributed by atoms with Gasteiger partial charge in [-0.2, -0.15) is 5.26 Å². The molecule has 0 aromatic heterocycles. The molecule has 2 atom stereocenters. The maximum atomic E-state index is 9.17. The minimum absolute atomic E-state index is 0.123. The monoisotopic (exact) mass is 233 g/mol. The fraction of sp³-hybridized carbons (Fsp3) is 0.462. The number of nitrogens with zero attached hydrogens (tertiary/aromatic N) is 1. The van der Waals surface area contributed by atoms with Gasteiger partial charge in [-0.3, -0.25) is 0 Å². The van der Waals surface area contributed by atoms with Gasteiger partial charge in [-0.25, -0.2) is 0 Å². The first-order valence-electron chi connectivity index (χ1n) is 5.56. The number of nitriles is 1. The molecule has 0 bridgehead atoms. The Morgan fingerprint density at radius 3 is 2.19 bits per heavy atom. The zero-order valence-electron chi connectivity index (χ0n) is 10.4. The Bertz CT molecular complexity index is 364. The third-order valence-electron chi connectivity index (χ3n) is 2.39. The molecule has 2 nitrogen and oxygen atoms in total. The smallest absolute Gasteiger partial charge is 0.185 e. The van der Waals surface area contributed by atoms with Gasteiger partial charge >= 0.3 is 0 Å². The molecule has 0 N–H and O–H groups in total. The Morgan fingerprint density at radius 1 is 1.19 bits per heavy atom. The van der Waals surface area contributed by atoms with E-state index in [0.29, 0.717) is 0 Å². The molecular weight excluding hydrogens is 214 g/mol. The second-order valence-corrected chi connectivity index (χ2v) is 9.44. The number of hydrogen-bond donors (Lipinski definition) is 0. The first-order chi connectivity index (χ1) is 7.44. The predicted octanol–water partition coefficient (Wildman–Crippen LogP) is 3.53. The van der Waals surface area contributed by atoms with Gasteiger partial charge in [0, 0.05) is 5.92 Å². The van der Waals surface area contributed by atoms with Gasteiger partial charge in [-0.15, -0.1) is 0 Å². The maximum Gasteiger partial charge on any atom is 0.185 e. The SMILES string of the molecule is CC(c1ccccc1)C(C#N)O[Si](C)(C)C. The molecule has 1 aromatic carbocycles. The van der Waals surface area contributed by atoms with Crippen LogP contribution in [0.3, 0.4) is 0 Å². The molecule has 0 saturated heterocycles. The zero-order chi connectivity index (χ0) is 12.2. The van der Waals surface area contributed by atoms with Crippen molar-refractivity contribution < 1.29 is 4.43 Å². The zero-order valence-corrected chi connectivity index (χ0v) is 11.4. The Labute approximate surface area is 99.0 Å². The molecule has 0 spiro atoms. The summed E-state index contributed by atoms with van der Waals surface area (Å²) in [4.78, 5) is 0. The topological polar surface area (TPSA) is 33.0 Å². The van der Waals surface area contributed by atoms with Crippen LogP contribution in [0.15, 0.2) is 30.3 Å². The van der Waals surface area contributed by atoms with Crippen LogP contribution in [-0.4, -0.2) is 14.4 Å². The van der Waals surface area contributed by atoms with Crippen molar-refractivity contribution in [3.05, 3.63) is 35.9 Å². The van der Waals surface area contributed by atoms with Crippen molar-refractivity contribution in [2.24, 2.45) is 0 Å². The third kappa shape index (κ3) is 3.80. The van der Waals surface area contributed by atoms with Crippen LogP contribution in [0.1, 0.15) is 18.4 Å². The van der Waals surface area contributed by atoms with E-state index in [-0.39, 0.29) is 12.0 Å². The summed E-state index contributed by atoms with van der Waals surface area (Å²) in [7, 11) is -1.66. The van der Waals surface area contributed by atoms with Crippen molar-refractivity contribution in [1.29, 1.82) is 5.26 Å². The Kier molecular flexibility index (Phi) is 4.28. The Hall–Kier alpha value is -1.11. The van der Waals surface area contributed by atoms with Gasteiger partial charge in [0.2, 0.25) is 0 Å². The molecule has 16 heavy (non-hydrogen) atoms. The van der Waals surface area contributed by atoms with Crippen molar-refractivity contribution >= 4 is 8.32 Å². The maximum absolute atomic E-state index is 9.17. The Balaban J connectivity index is 2.79. The Morgan fingerprint density at radius 2 is 1.75 bits per heavy atom. The molecule has 0 amide bonds.